The Morgan fingerprint density at radius 3 is 2.56 bits per heavy atom. The second kappa shape index (κ2) is 4.95. The molecule has 1 saturated carbocycles. The highest BCUT2D eigenvalue weighted by Gasteiger charge is 2.70. The average molecular weight is 348 g/mol. The minimum absolute atomic E-state index is 0.0879. The zero-order chi connectivity index (χ0) is 18.3. The van der Waals surface area contributed by atoms with Crippen LogP contribution in [0.3, 0.4) is 0 Å². The van der Waals surface area contributed by atoms with Gasteiger partial charge in [0.15, 0.2) is 0 Å². The molecular weight excluding hydrogens is 324 g/mol. The molecule has 2 fully saturated rings. The van der Waals surface area contributed by atoms with Crippen molar-refractivity contribution in [3.05, 3.63) is 33.4 Å². The Bertz CT molecular complexity index is 811. The van der Waals surface area contributed by atoms with Crippen molar-refractivity contribution in [2.75, 3.05) is 0 Å². The molecule has 1 saturated heterocycles. The van der Waals surface area contributed by atoms with E-state index in [1.807, 2.05) is 20.8 Å². The average Bonchev–Trinajstić information content (AvgIpc) is 2.83. The van der Waals surface area contributed by atoms with E-state index in [0.29, 0.717) is 24.2 Å². The van der Waals surface area contributed by atoms with Gasteiger partial charge in [-0.1, -0.05) is 20.8 Å². The largest absolute Gasteiger partial charge is 0.458 e. The molecule has 2 heterocycles. The Kier molecular flexibility index (Phi) is 3.32. The molecule has 3 aliphatic rings. The van der Waals surface area contributed by atoms with Gasteiger partial charge in [0.25, 0.3) is 0 Å². The normalized spacial score (nSPS) is 42.1. The monoisotopic (exact) mass is 348 g/mol. The summed E-state index contributed by atoms with van der Waals surface area (Å²) in [7, 11) is 0. The van der Waals surface area contributed by atoms with E-state index in [4.69, 9.17) is 9.15 Å². The highest BCUT2D eigenvalue weighted by Crippen LogP contribution is 2.63. The van der Waals surface area contributed by atoms with Crippen LogP contribution in [0.5, 0.6) is 0 Å². The van der Waals surface area contributed by atoms with Crippen LogP contribution in [-0.4, -0.2) is 28.4 Å². The number of carbonyl (C=O) groups excluding carboxylic acids is 1. The molecule has 0 amide bonds. The lowest BCUT2D eigenvalue weighted by Gasteiger charge is -2.53. The third-order valence-corrected chi connectivity index (χ3v) is 6.75. The molecule has 0 bridgehead atoms. The fraction of sp³-hybridized carbons (Fsp3) is 0.684. The van der Waals surface area contributed by atoms with Gasteiger partial charge in [-0.3, -0.25) is 4.79 Å². The number of aliphatic hydroxyl groups excluding tert-OH is 2. The van der Waals surface area contributed by atoms with Crippen molar-refractivity contribution in [2.45, 2.75) is 70.2 Å². The van der Waals surface area contributed by atoms with Crippen molar-refractivity contribution in [1.29, 1.82) is 0 Å². The maximum atomic E-state index is 12.6. The molecule has 1 aromatic rings. The molecule has 0 radical (unpaired) electrons. The van der Waals surface area contributed by atoms with E-state index >= 15 is 0 Å². The van der Waals surface area contributed by atoms with Crippen LogP contribution in [0.4, 0.5) is 0 Å². The van der Waals surface area contributed by atoms with E-state index in [1.54, 1.807) is 6.92 Å². The highest BCUT2D eigenvalue weighted by atomic mass is 16.6. The molecule has 6 atom stereocenters. The van der Waals surface area contributed by atoms with Crippen LogP contribution in [0.1, 0.15) is 69.4 Å². The topological polar surface area (TPSA) is 97.0 Å². The lowest BCUT2D eigenvalue weighted by molar-refractivity contribution is -0.156. The summed E-state index contributed by atoms with van der Waals surface area (Å²) >= 11 is 0. The van der Waals surface area contributed by atoms with Crippen LogP contribution in [0.2, 0.25) is 0 Å². The number of esters is 1. The second-order valence-corrected chi connectivity index (χ2v) is 8.46. The van der Waals surface area contributed by atoms with Crippen LogP contribution >= 0.6 is 0 Å². The first-order chi connectivity index (χ1) is 11.6. The fourth-order valence-electron chi connectivity index (χ4n) is 5.49. The fourth-order valence-corrected chi connectivity index (χ4v) is 5.49. The standard InChI is InChI=1S/C19H24O6/c1-8(2)14-12-9(7-11(21)24-14)18(3)6-5-10(20)19(4)16(18)15(13(12)22)25-17(19)23/h7-8,10,13,15-16,20,22H,5-6H2,1-4H3. The minimum atomic E-state index is -1.08. The first-order valence-corrected chi connectivity index (χ1v) is 8.88. The van der Waals surface area contributed by atoms with Gasteiger partial charge >= 0.3 is 11.6 Å². The number of hydrogen-bond donors (Lipinski definition) is 2. The molecule has 4 rings (SSSR count). The van der Waals surface area contributed by atoms with E-state index in [2.05, 4.69) is 0 Å². The predicted octanol–water partition coefficient (Wildman–Crippen LogP) is 1.77. The van der Waals surface area contributed by atoms with Crippen LogP contribution in [0, 0.1) is 11.3 Å². The molecule has 2 N–H and O–H groups in total. The highest BCUT2D eigenvalue weighted by molar-refractivity contribution is 5.81. The van der Waals surface area contributed by atoms with Crippen molar-refractivity contribution in [3.8, 4) is 0 Å². The molecule has 6 heteroatoms. The first-order valence-electron chi connectivity index (χ1n) is 8.88. The summed E-state index contributed by atoms with van der Waals surface area (Å²) in [5, 5.41) is 21.6. The lowest BCUT2D eigenvalue weighted by Crippen LogP contribution is -2.58. The molecule has 0 spiro atoms. The molecule has 6 nitrogen and oxygen atoms in total. The number of rotatable bonds is 1. The summed E-state index contributed by atoms with van der Waals surface area (Å²) in [4.78, 5) is 24.8. The van der Waals surface area contributed by atoms with Gasteiger partial charge in [-0.05, 0) is 25.3 Å². The van der Waals surface area contributed by atoms with Gasteiger partial charge < -0.3 is 19.4 Å². The van der Waals surface area contributed by atoms with Gasteiger partial charge in [0.1, 0.15) is 18.0 Å². The van der Waals surface area contributed by atoms with Crippen LogP contribution in [0.25, 0.3) is 0 Å². The molecule has 1 aromatic heterocycles. The minimum Gasteiger partial charge on any atom is -0.458 e. The summed E-state index contributed by atoms with van der Waals surface area (Å²) in [6, 6.07) is 1.45. The van der Waals surface area contributed by atoms with Gasteiger partial charge in [-0.25, -0.2) is 4.79 Å². The first kappa shape index (κ1) is 16.8. The van der Waals surface area contributed by atoms with E-state index < -0.39 is 40.7 Å². The molecule has 136 valence electrons. The quantitative estimate of drug-likeness (QED) is 0.751. The van der Waals surface area contributed by atoms with Crippen LogP contribution < -0.4 is 5.63 Å². The number of ether oxygens (including phenoxy) is 1. The zero-order valence-corrected chi connectivity index (χ0v) is 14.9. The third-order valence-electron chi connectivity index (χ3n) is 6.75. The lowest BCUT2D eigenvalue weighted by atomic mass is 9.48. The second-order valence-electron chi connectivity index (χ2n) is 8.46. The van der Waals surface area contributed by atoms with E-state index in [9.17, 15) is 19.8 Å². The van der Waals surface area contributed by atoms with E-state index in [-0.39, 0.29) is 11.8 Å². The summed E-state index contributed by atoms with van der Waals surface area (Å²) in [5.74, 6) is -0.501. The molecular formula is C19H24O6. The molecule has 25 heavy (non-hydrogen) atoms. The SMILES string of the molecule is CC(C)c1oc(=O)cc2c1C(O)C1OC(=O)C3(C)C(O)CCC2(C)C13. The van der Waals surface area contributed by atoms with Crippen LogP contribution in [-0.2, 0) is 14.9 Å². The summed E-state index contributed by atoms with van der Waals surface area (Å²) in [6.07, 6.45) is -1.57. The molecule has 1 aliphatic heterocycles. The van der Waals surface area contributed by atoms with Crippen molar-refractivity contribution in [1.82, 2.24) is 0 Å². The maximum Gasteiger partial charge on any atom is 0.336 e. The van der Waals surface area contributed by atoms with Crippen molar-refractivity contribution in [2.24, 2.45) is 11.3 Å². The van der Waals surface area contributed by atoms with Gasteiger partial charge in [-0.2, -0.15) is 0 Å². The van der Waals surface area contributed by atoms with Crippen molar-refractivity contribution < 1.29 is 24.2 Å². The van der Waals surface area contributed by atoms with Gasteiger partial charge in [-0.15, -0.1) is 0 Å². The Morgan fingerprint density at radius 1 is 1.24 bits per heavy atom. The number of carbonyl (C=O) groups is 1. The summed E-state index contributed by atoms with van der Waals surface area (Å²) in [6.45, 7) is 7.52. The number of fused-ring (bicyclic) bond motifs is 2. The van der Waals surface area contributed by atoms with Crippen molar-refractivity contribution in [3.63, 3.8) is 0 Å². The third kappa shape index (κ3) is 1.87. The molecule has 6 unspecified atom stereocenters. The van der Waals surface area contributed by atoms with Gasteiger partial charge in [0, 0.05) is 28.9 Å². The van der Waals surface area contributed by atoms with E-state index in [0.717, 1.165) is 5.56 Å². The zero-order valence-electron chi connectivity index (χ0n) is 14.9. The van der Waals surface area contributed by atoms with Gasteiger partial charge in [0.05, 0.1) is 11.5 Å². The Labute approximate surface area is 145 Å². The van der Waals surface area contributed by atoms with E-state index in [1.165, 1.54) is 6.07 Å². The van der Waals surface area contributed by atoms with Gasteiger partial charge in [0.2, 0.25) is 0 Å². The van der Waals surface area contributed by atoms with Crippen molar-refractivity contribution >= 4 is 5.97 Å². The molecule has 2 aliphatic carbocycles. The summed E-state index contributed by atoms with van der Waals surface area (Å²) < 4.78 is 11.0. The number of hydrogen-bond acceptors (Lipinski definition) is 6. The molecule has 0 aromatic carbocycles. The predicted molar refractivity (Wildman–Crippen MR) is 88.1 cm³/mol. The Morgan fingerprint density at radius 2 is 1.92 bits per heavy atom. The summed E-state index contributed by atoms with van der Waals surface area (Å²) in [5.41, 5.74) is -0.764. The van der Waals surface area contributed by atoms with Crippen LogP contribution in [0.15, 0.2) is 15.3 Å². The number of aliphatic hydroxyl groups is 2. The maximum absolute atomic E-state index is 12.6. The smallest absolute Gasteiger partial charge is 0.336 e. The Hall–Kier alpha value is -1.66. The Balaban J connectivity index is 2.04.